The van der Waals surface area contributed by atoms with Crippen LogP contribution in [0.1, 0.15) is 23.7 Å². The molecule has 0 unspecified atom stereocenters. The average Bonchev–Trinajstić information content (AvgIpc) is 3.31. The molecule has 2 saturated heterocycles. The topological polar surface area (TPSA) is 90.4 Å². The van der Waals surface area contributed by atoms with Gasteiger partial charge < -0.3 is 20.0 Å². The Morgan fingerprint density at radius 2 is 1.63 bits per heavy atom. The number of piperazine rings is 1. The molecule has 2 atom stereocenters. The molecule has 2 aliphatic rings. The summed E-state index contributed by atoms with van der Waals surface area (Å²) in [5, 5.41) is 2.79. The van der Waals surface area contributed by atoms with Crippen molar-refractivity contribution in [3.8, 4) is 0 Å². The summed E-state index contributed by atoms with van der Waals surface area (Å²) in [6, 6.07) is 6.61. The first-order valence-electron chi connectivity index (χ1n) is 11.6. The Balaban J connectivity index is 1.17. The Morgan fingerprint density at radius 3 is 2.23 bits per heavy atom. The number of pyridine rings is 2. The standard InChI is InChI=1S/C24H26F2N8O/c1-16-14-33(22-5-3-18(25)11-28-22)8-9-34(16)24-29-12-20(13-30-24)31-23(35)17-2-4-21(27-10-17)32-7-6-19(26)15-32/h2-5,10-13,16,19H,6-9,14-15H2,1H3,(H,31,35)/t16-,19+/m0/s1. The van der Waals surface area contributed by atoms with E-state index in [1.807, 2.05) is 4.90 Å². The summed E-state index contributed by atoms with van der Waals surface area (Å²) in [5.74, 6) is 1.31. The highest BCUT2D eigenvalue weighted by atomic mass is 19.1. The molecule has 0 spiro atoms. The van der Waals surface area contributed by atoms with Crippen molar-refractivity contribution in [1.82, 2.24) is 19.9 Å². The molecule has 0 aromatic carbocycles. The number of rotatable bonds is 5. The SMILES string of the molecule is C[C@H]1CN(c2ccc(F)cn2)CCN1c1ncc(NC(=O)c2ccc(N3CC[C@@H](F)C3)nc2)cn1. The summed E-state index contributed by atoms with van der Waals surface area (Å²) in [4.78, 5) is 36.0. The Morgan fingerprint density at radius 1 is 0.914 bits per heavy atom. The molecule has 1 N–H and O–H groups in total. The van der Waals surface area contributed by atoms with Crippen LogP contribution in [0.2, 0.25) is 0 Å². The fraction of sp³-hybridized carbons (Fsp3) is 0.375. The molecule has 0 bridgehead atoms. The third-order valence-electron chi connectivity index (χ3n) is 6.28. The van der Waals surface area contributed by atoms with Gasteiger partial charge >= 0.3 is 0 Å². The van der Waals surface area contributed by atoms with Gasteiger partial charge in [-0.15, -0.1) is 0 Å². The van der Waals surface area contributed by atoms with E-state index in [1.54, 1.807) is 30.6 Å². The van der Waals surface area contributed by atoms with Crippen LogP contribution in [0.5, 0.6) is 0 Å². The van der Waals surface area contributed by atoms with Gasteiger partial charge in [-0.25, -0.2) is 28.7 Å². The predicted molar refractivity (Wildman–Crippen MR) is 129 cm³/mol. The highest BCUT2D eigenvalue weighted by Crippen LogP contribution is 2.22. The number of amides is 1. The first-order chi connectivity index (χ1) is 17.0. The molecule has 9 nitrogen and oxygen atoms in total. The molecule has 2 aliphatic heterocycles. The molecule has 0 saturated carbocycles. The van der Waals surface area contributed by atoms with Crippen LogP contribution in [0.15, 0.2) is 49.1 Å². The number of aromatic nitrogens is 4. The number of carbonyl (C=O) groups is 1. The van der Waals surface area contributed by atoms with Gasteiger partial charge in [0, 0.05) is 38.4 Å². The molecule has 5 heterocycles. The number of nitrogens with zero attached hydrogens (tertiary/aromatic N) is 7. The van der Waals surface area contributed by atoms with Gasteiger partial charge in [0.15, 0.2) is 0 Å². The largest absolute Gasteiger partial charge is 0.354 e. The van der Waals surface area contributed by atoms with Crippen LogP contribution in [0, 0.1) is 5.82 Å². The van der Waals surface area contributed by atoms with Crippen molar-refractivity contribution in [2.45, 2.75) is 25.6 Å². The average molecular weight is 481 g/mol. The lowest BCUT2D eigenvalue weighted by Crippen LogP contribution is -2.53. The summed E-state index contributed by atoms with van der Waals surface area (Å²) in [7, 11) is 0. The Bertz CT molecular complexity index is 1160. The van der Waals surface area contributed by atoms with Crippen molar-refractivity contribution in [3.63, 3.8) is 0 Å². The highest BCUT2D eigenvalue weighted by Gasteiger charge is 2.26. The lowest BCUT2D eigenvalue weighted by molar-refractivity contribution is 0.102. The molecular formula is C24H26F2N8O. The monoisotopic (exact) mass is 480 g/mol. The van der Waals surface area contributed by atoms with Gasteiger partial charge in [-0.05, 0) is 37.6 Å². The number of hydrogen-bond acceptors (Lipinski definition) is 8. The summed E-state index contributed by atoms with van der Waals surface area (Å²) in [6.45, 7) is 5.12. The van der Waals surface area contributed by atoms with Gasteiger partial charge in [-0.2, -0.15) is 0 Å². The van der Waals surface area contributed by atoms with Crippen LogP contribution in [0.3, 0.4) is 0 Å². The van der Waals surface area contributed by atoms with Gasteiger partial charge in [0.05, 0.1) is 36.4 Å². The molecule has 3 aromatic heterocycles. The minimum absolute atomic E-state index is 0.115. The first kappa shape index (κ1) is 22.9. The normalized spacial score (nSPS) is 20.3. The third-order valence-corrected chi connectivity index (χ3v) is 6.28. The first-order valence-corrected chi connectivity index (χ1v) is 11.6. The molecule has 2 fully saturated rings. The molecule has 0 aliphatic carbocycles. The second-order valence-corrected chi connectivity index (χ2v) is 8.79. The molecule has 35 heavy (non-hydrogen) atoms. The Labute approximate surface area is 201 Å². The lowest BCUT2D eigenvalue weighted by Gasteiger charge is -2.40. The number of halogens is 2. The second kappa shape index (κ2) is 9.77. The molecule has 182 valence electrons. The van der Waals surface area contributed by atoms with Crippen LogP contribution in [0.4, 0.5) is 32.1 Å². The number of alkyl halides is 1. The van der Waals surface area contributed by atoms with E-state index in [-0.39, 0.29) is 17.8 Å². The van der Waals surface area contributed by atoms with Crippen molar-refractivity contribution in [1.29, 1.82) is 0 Å². The zero-order chi connectivity index (χ0) is 24.4. The zero-order valence-electron chi connectivity index (χ0n) is 19.3. The van der Waals surface area contributed by atoms with Gasteiger partial charge in [0.25, 0.3) is 5.91 Å². The molecule has 11 heteroatoms. The molecular weight excluding hydrogens is 454 g/mol. The van der Waals surface area contributed by atoms with Crippen LogP contribution in [-0.4, -0.2) is 70.8 Å². The van der Waals surface area contributed by atoms with E-state index in [1.165, 1.54) is 18.5 Å². The van der Waals surface area contributed by atoms with Crippen LogP contribution < -0.4 is 20.0 Å². The van der Waals surface area contributed by atoms with E-state index < -0.39 is 6.17 Å². The van der Waals surface area contributed by atoms with Crippen molar-refractivity contribution in [3.05, 3.63) is 60.4 Å². The lowest BCUT2D eigenvalue weighted by atomic mass is 10.2. The maximum atomic E-state index is 13.4. The number of carbonyl (C=O) groups excluding carboxylic acids is 1. The molecule has 3 aromatic rings. The van der Waals surface area contributed by atoms with Crippen LogP contribution >= 0.6 is 0 Å². The fourth-order valence-electron chi connectivity index (χ4n) is 4.39. The maximum absolute atomic E-state index is 13.4. The van der Waals surface area contributed by atoms with Crippen LogP contribution in [0.25, 0.3) is 0 Å². The van der Waals surface area contributed by atoms with Gasteiger partial charge in [0.1, 0.15) is 23.6 Å². The summed E-state index contributed by atoms with van der Waals surface area (Å²) in [6.07, 6.45) is 5.54. The maximum Gasteiger partial charge on any atom is 0.257 e. The smallest absolute Gasteiger partial charge is 0.257 e. The Kier molecular flexibility index (Phi) is 6.39. The minimum atomic E-state index is -0.832. The number of nitrogens with one attached hydrogen (secondary N) is 1. The number of anilines is 4. The Hall–Kier alpha value is -3.89. The molecule has 0 radical (unpaired) electrons. The van der Waals surface area contributed by atoms with Crippen molar-refractivity contribution < 1.29 is 13.6 Å². The van der Waals surface area contributed by atoms with Crippen molar-refractivity contribution in [2.75, 3.05) is 52.7 Å². The van der Waals surface area contributed by atoms with Gasteiger partial charge in [-0.3, -0.25) is 4.79 Å². The second-order valence-electron chi connectivity index (χ2n) is 8.79. The van der Waals surface area contributed by atoms with E-state index in [0.717, 1.165) is 5.82 Å². The van der Waals surface area contributed by atoms with E-state index in [0.29, 0.717) is 62.2 Å². The fourth-order valence-corrected chi connectivity index (χ4v) is 4.39. The third kappa shape index (κ3) is 5.13. The molecule has 5 rings (SSSR count). The van der Waals surface area contributed by atoms with E-state index in [4.69, 9.17) is 0 Å². The van der Waals surface area contributed by atoms with Gasteiger partial charge in [0.2, 0.25) is 5.95 Å². The quantitative estimate of drug-likeness (QED) is 0.596. The highest BCUT2D eigenvalue weighted by molar-refractivity contribution is 6.04. The van der Waals surface area contributed by atoms with E-state index in [9.17, 15) is 13.6 Å². The summed E-state index contributed by atoms with van der Waals surface area (Å²) in [5.41, 5.74) is 0.873. The van der Waals surface area contributed by atoms with Crippen LogP contribution in [-0.2, 0) is 0 Å². The molecule has 1 amide bonds. The minimum Gasteiger partial charge on any atom is -0.354 e. The number of hydrogen-bond donors (Lipinski definition) is 1. The van der Waals surface area contributed by atoms with Gasteiger partial charge in [-0.1, -0.05) is 0 Å². The van der Waals surface area contributed by atoms with E-state index in [2.05, 4.69) is 42.0 Å². The summed E-state index contributed by atoms with van der Waals surface area (Å²) < 4.78 is 26.6. The zero-order valence-corrected chi connectivity index (χ0v) is 19.3. The summed E-state index contributed by atoms with van der Waals surface area (Å²) >= 11 is 0. The van der Waals surface area contributed by atoms with Crippen molar-refractivity contribution >= 4 is 29.2 Å². The van der Waals surface area contributed by atoms with Crippen molar-refractivity contribution in [2.24, 2.45) is 0 Å². The van der Waals surface area contributed by atoms with E-state index >= 15 is 0 Å². The predicted octanol–water partition coefficient (Wildman–Crippen LogP) is 2.92.